The van der Waals surface area contributed by atoms with Crippen LogP contribution < -0.4 is 21.3 Å². The number of aliphatic imine (C=N–C) groups is 2. The number of halogens is 5. The molecule has 7 aliphatic rings. The molecule has 7 saturated heterocycles. The monoisotopic (exact) mass is 1960 g/mol. The summed E-state index contributed by atoms with van der Waals surface area (Å²) in [5, 5.41) is 106. The van der Waals surface area contributed by atoms with E-state index in [1.165, 1.54) is 41.5 Å². The summed E-state index contributed by atoms with van der Waals surface area (Å²) in [7, 11) is 12.2. The molecule has 0 aromatic carbocycles. The molecule has 49 nitrogen and oxygen atoms in total. The number of thioether (sulfide) groups is 2. The minimum Gasteiger partial charge on any atom is -0.381 e. The number of thiazole rings is 2. The highest BCUT2D eigenvalue weighted by Crippen LogP contribution is 2.30. The molecule has 698 valence electrons. The second-order valence-corrected chi connectivity index (χ2v) is 34.2. The number of nitro groups is 6. The molecule has 7 aliphatic heterocycles. The largest absolute Gasteiger partial charge is 0.381 e. The van der Waals surface area contributed by atoms with Gasteiger partial charge in [0.2, 0.25) is 12.4 Å². The number of hydrazone groups is 5. The van der Waals surface area contributed by atoms with Crippen molar-refractivity contribution >= 4 is 145 Å². The van der Waals surface area contributed by atoms with Crippen LogP contribution in [-0.4, -0.2) is 300 Å². The molecule has 4 N–H and O–H groups in total. The van der Waals surface area contributed by atoms with Crippen molar-refractivity contribution in [2.75, 3.05) is 160 Å². The Morgan fingerprint density at radius 1 is 0.586 bits per heavy atom. The van der Waals surface area contributed by atoms with Crippen molar-refractivity contribution in [1.29, 1.82) is 10.5 Å². The third-order valence-corrected chi connectivity index (χ3v) is 22.6. The van der Waals surface area contributed by atoms with Crippen molar-refractivity contribution < 1.29 is 49.0 Å². The van der Waals surface area contributed by atoms with Crippen LogP contribution in [0.5, 0.6) is 0 Å². The fourth-order valence-electron chi connectivity index (χ4n) is 11.7. The van der Waals surface area contributed by atoms with E-state index in [4.69, 9.17) is 87.5 Å². The van der Waals surface area contributed by atoms with Gasteiger partial charge in [-0.25, -0.2) is 75.5 Å². The molecule has 0 bridgehead atoms. The van der Waals surface area contributed by atoms with E-state index >= 15 is 0 Å². The van der Waals surface area contributed by atoms with Crippen LogP contribution in [0.3, 0.4) is 0 Å². The summed E-state index contributed by atoms with van der Waals surface area (Å²) >= 11 is 34.4. The number of hydrogen-bond donors (Lipinski definition) is 4. The third-order valence-electron chi connectivity index (χ3n) is 17.7. The number of guanidine groups is 4. The lowest BCUT2D eigenvalue weighted by Crippen LogP contribution is -2.57. The predicted octanol–water partition coefficient (Wildman–Crippen LogP) is 8.22. The second kappa shape index (κ2) is 59.2. The van der Waals surface area contributed by atoms with Crippen LogP contribution in [0.2, 0.25) is 24.4 Å². The highest BCUT2D eigenvalue weighted by atomic mass is 35.5. The van der Waals surface area contributed by atoms with Crippen molar-refractivity contribution in [3.63, 3.8) is 0 Å². The molecule has 0 saturated carbocycles. The molecule has 12 heterocycles. The summed E-state index contributed by atoms with van der Waals surface area (Å²) in [6.07, 6.45) is 16.5. The SMILES string of the molecule is CC(=NC#N)N(C)Cc1cnc(Cl)s1.CC/C(=N\[N+](=O)[O-])NCC1CCOC1.CN/C(=N\[N+](=O)[O-])N(C)Cc1ccc(Cl)nc1.CN/C(=N\[N+](=O)[O-])NCc1ccc(Cl)nc1.CN1CN(C)/C(=N\[N+](=O)[O-])N(CC2CCOC2)C1.CN1COCN(CC2CCOC2)/C1=N/[N+](=O)[O-].N#CN=C1SCCN1Cc1cnc(Cl)s1.O=[N+]([O-])/C=C1\SCCN1Cc1ccc(Cl)nc1. The van der Waals surface area contributed by atoms with Crippen molar-refractivity contribution in [2.45, 2.75) is 72.3 Å². The van der Waals surface area contributed by atoms with Crippen LogP contribution in [0, 0.1) is 101 Å². The Balaban J connectivity index is 0.000000260. The van der Waals surface area contributed by atoms with Crippen LogP contribution in [0.15, 0.2) is 114 Å². The number of nitrogens with zero attached hydrogens (tertiary/aromatic N) is 29. The lowest BCUT2D eigenvalue weighted by atomic mass is 10.1. The third kappa shape index (κ3) is 43.2. The Labute approximate surface area is 777 Å². The number of amidine groups is 3. The van der Waals surface area contributed by atoms with E-state index in [0.29, 0.717) is 150 Å². The van der Waals surface area contributed by atoms with Gasteiger partial charge in [0, 0.05) is 191 Å². The topological polar surface area (TPSA) is 572 Å². The van der Waals surface area contributed by atoms with Crippen molar-refractivity contribution in [1.82, 2.24) is 90.3 Å². The Morgan fingerprint density at radius 3 is 1.62 bits per heavy atom. The average Bonchev–Trinajstić information content (AvgIpc) is 1.14. The molecule has 5 aromatic rings. The van der Waals surface area contributed by atoms with Gasteiger partial charge in [-0.15, -0.1) is 39.4 Å². The number of pyridine rings is 3. The maximum atomic E-state index is 10.6. The first-order chi connectivity index (χ1) is 61.2. The molecule has 3 atom stereocenters. The molecule has 5 aromatic heterocycles. The van der Waals surface area contributed by atoms with Crippen LogP contribution in [0.1, 0.15) is 66.0 Å². The molecule has 58 heteroatoms. The molecule has 3 unspecified atom stereocenters. The molecule has 0 spiro atoms. The smallest absolute Gasteiger partial charge is 0.277 e. The first kappa shape index (κ1) is 108. The van der Waals surface area contributed by atoms with Gasteiger partial charge in [0.05, 0.1) is 56.3 Å². The Hall–Kier alpha value is -10.9. The van der Waals surface area contributed by atoms with Gasteiger partial charge in [-0.1, -0.05) is 94.9 Å². The van der Waals surface area contributed by atoms with Crippen LogP contribution in [-0.2, 0) is 51.7 Å². The van der Waals surface area contributed by atoms with E-state index in [1.54, 1.807) is 127 Å². The number of rotatable bonds is 23. The zero-order valence-electron chi connectivity index (χ0n) is 71.1. The summed E-state index contributed by atoms with van der Waals surface area (Å²) < 4.78 is 22.2. The number of aromatic nitrogens is 5. The molecule has 128 heavy (non-hydrogen) atoms. The minimum atomic E-state index is -0.779. The number of nitriles is 2. The Morgan fingerprint density at radius 2 is 1.12 bits per heavy atom. The maximum absolute atomic E-state index is 10.6. The van der Waals surface area contributed by atoms with Crippen LogP contribution in [0.25, 0.3) is 0 Å². The number of ether oxygens (including phenoxy) is 4. The van der Waals surface area contributed by atoms with E-state index in [9.17, 15) is 60.7 Å². The van der Waals surface area contributed by atoms with E-state index in [1.807, 2.05) is 55.0 Å². The normalized spacial score (nSPS) is 18.7. The van der Waals surface area contributed by atoms with Crippen molar-refractivity contribution in [2.24, 2.45) is 53.2 Å². The predicted molar refractivity (Wildman–Crippen MR) is 487 cm³/mol. The molecule has 0 amide bonds. The van der Waals surface area contributed by atoms with Gasteiger partial charge in [-0.2, -0.15) is 15.5 Å². The minimum absolute atomic E-state index is 0.0833. The molecular formula is C70H98Cl5N33O16S4. The van der Waals surface area contributed by atoms with E-state index in [-0.39, 0.29) is 11.9 Å². The van der Waals surface area contributed by atoms with Gasteiger partial charge in [0.25, 0.3) is 30.0 Å². The lowest BCUT2D eigenvalue weighted by Gasteiger charge is -2.40. The van der Waals surface area contributed by atoms with E-state index in [2.05, 4.69) is 91.5 Å². The average molecular weight is 1960 g/mol. The van der Waals surface area contributed by atoms with Gasteiger partial charge < -0.3 is 79.4 Å². The highest BCUT2D eigenvalue weighted by molar-refractivity contribution is 8.14. The summed E-state index contributed by atoms with van der Waals surface area (Å²) in [6.45, 7) is 16.8. The molecule has 7 fully saturated rings. The molecule has 0 radical (unpaired) electrons. The standard InChI is InChI=1S/C10H10ClN3O2S.C10H19N5O3.C9H12ClN5O2.C9H16N4O4.C8H10ClN5O2.C8H7ClN4S2.C8H9ClN4S.C8H15N3O3/c11-9-2-1-8(5-12-9)6-13-3-4-17-10(13)7-14(15)16;1-12-7-13(2)10(11-15(16)17)14(8-12)5-9-3-4-18-6-9;1-11-9(13-15(16)17)14(2)6-7-3-4-8(10)12-5-7;1-11-6-17-7-12(9(11)10-13(14)15)4-8-2-3-16-5-8;1-10-8(13-14(15)16)12-5-6-2-3-7(9)11-4-6;9-7-11-3-6(15-7)4-13-1-2-14-8(13)12-5-10;1-6(12-5-10)13(2)4-7-3-11-8(9)14-7;1-2-8(10-11(12)13)9-5-7-3-4-14-6-7/h1-2,5,7H,3-4,6H2;9H,3-8H2,1-2H3;3-5H,6H2,1-2H3,(H,11,13);8H,2-7H2,1H3;2-4H,5H2,1H3,(H2,10,12,13);3H,1-2,4H2;3H,4H2,1-2H3;7H,2-6H2,1H3,(H,9,10)/b10-7-;11-10+;;10-9+;;;;. The Kier molecular flexibility index (Phi) is 49.8. The number of hydrogen-bond acceptors (Lipinski definition) is 31. The quantitative estimate of drug-likeness (QED) is 0.0119. The van der Waals surface area contributed by atoms with E-state index in [0.717, 1.165) is 128 Å². The van der Waals surface area contributed by atoms with Gasteiger partial charge in [-0.3, -0.25) is 15.0 Å². The Bertz CT molecular complexity index is 4660. The molecule has 0 aliphatic carbocycles. The van der Waals surface area contributed by atoms with Crippen LogP contribution in [0.4, 0.5) is 0 Å². The summed E-state index contributed by atoms with van der Waals surface area (Å²) in [5.74, 6) is 5.29. The van der Waals surface area contributed by atoms with Crippen LogP contribution >= 0.6 is 104 Å². The zero-order chi connectivity index (χ0) is 94.0. The fraction of sp³-hybridized carbons (Fsp3) is 0.543. The second-order valence-electron chi connectivity index (χ2n) is 27.5. The summed E-state index contributed by atoms with van der Waals surface area (Å²) in [5.41, 5.74) is 2.71. The summed E-state index contributed by atoms with van der Waals surface area (Å²) in [6, 6.07) is 10.5. The van der Waals surface area contributed by atoms with Gasteiger partial charge in [0.1, 0.15) is 60.2 Å². The van der Waals surface area contributed by atoms with Gasteiger partial charge >= 0.3 is 0 Å². The highest BCUT2D eigenvalue weighted by Gasteiger charge is 2.32. The first-order valence-electron chi connectivity index (χ1n) is 38.5. The maximum Gasteiger partial charge on any atom is 0.277 e. The van der Waals surface area contributed by atoms with Crippen molar-refractivity contribution in [3.8, 4) is 12.4 Å². The molecule has 12 rings (SSSR count). The van der Waals surface area contributed by atoms with E-state index < -0.39 is 30.1 Å². The van der Waals surface area contributed by atoms with Gasteiger partial charge in [0.15, 0.2) is 45.1 Å². The molecular weight excluding hydrogens is 1860 g/mol. The summed E-state index contributed by atoms with van der Waals surface area (Å²) in [4.78, 5) is 108. The van der Waals surface area contributed by atoms with Gasteiger partial charge in [-0.05, 0) is 68.1 Å². The van der Waals surface area contributed by atoms with Crippen molar-refractivity contribution in [3.05, 3.63) is 190 Å². The number of nitrogens with one attached hydrogen (secondary N) is 4. The fourth-order valence-corrected chi connectivity index (χ4v) is 16.0. The zero-order valence-corrected chi connectivity index (χ0v) is 78.1. The lowest BCUT2D eigenvalue weighted by molar-refractivity contribution is -0.486. The first-order valence-corrected chi connectivity index (χ1v) is 44.0.